The Labute approximate surface area is 114 Å². The summed E-state index contributed by atoms with van der Waals surface area (Å²) in [5.41, 5.74) is 7.41. The van der Waals surface area contributed by atoms with Gasteiger partial charge in [-0.2, -0.15) is 0 Å². The van der Waals surface area contributed by atoms with Gasteiger partial charge in [-0.25, -0.2) is 0 Å². The molecule has 1 aromatic carbocycles. The van der Waals surface area contributed by atoms with Crippen LogP contribution in [0.2, 0.25) is 0 Å². The monoisotopic (exact) mass is 269 g/mol. The molecule has 5 nitrogen and oxygen atoms in total. The molecule has 19 heavy (non-hydrogen) atoms. The lowest BCUT2D eigenvalue weighted by Gasteiger charge is -2.10. The molecule has 1 rings (SSSR count). The highest BCUT2D eigenvalue weighted by Crippen LogP contribution is 2.21. The van der Waals surface area contributed by atoms with Crippen LogP contribution in [0.25, 0.3) is 0 Å². The molecule has 0 amide bonds. The van der Waals surface area contributed by atoms with Gasteiger partial charge in [0.1, 0.15) is 5.75 Å². The number of benzene rings is 1. The molecule has 5 heteroatoms. The molecule has 0 aliphatic carbocycles. The first-order chi connectivity index (χ1) is 9.27. The van der Waals surface area contributed by atoms with E-state index in [4.69, 9.17) is 24.7 Å². The maximum atomic E-state index is 5.74. The highest BCUT2D eigenvalue weighted by Gasteiger charge is 2.03. The highest BCUT2D eigenvalue weighted by molar-refractivity contribution is 5.47. The molecule has 0 bridgehead atoms. The van der Waals surface area contributed by atoms with Crippen molar-refractivity contribution in [2.45, 2.75) is 13.0 Å². The largest absolute Gasteiger partial charge is 0.496 e. The van der Waals surface area contributed by atoms with Crippen molar-refractivity contribution in [3.63, 3.8) is 0 Å². The maximum absolute atomic E-state index is 5.74. The summed E-state index contributed by atoms with van der Waals surface area (Å²) in [6.07, 6.45) is 0.856. The van der Waals surface area contributed by atoms with Crippen molar-refractivity contribution in [3.05, 3.63) is 23.8 Å². The summed E-state index contributed by atoms with van der Waals surface area (Å²) < 4.78 is 21.0. The molecule has 0 saturated carbocycles. The Hall–Kier alpha value is -1.30. The van der Waals surface area contributed by atoms with Gasteiger partial charge in [0, 0.05) is 31.6 Å². The van der Waals surface area contributed by atoms with Crippen LogP contribution in [0, 0.1) is 0 Å². The van der Waals surface area contributed by atoms with Crippen LogP contribution in [-0.4, -0.2) is 40.6 Å². The van der Waals surface area contributed by atoms with Crippen LogP contribution >= 0.6 is 0 Å². The Morgan fingerprint density at radius 2 is 1.79 bits per heavy atom. The molecular formula is C14H23NO4. The quantitative estimate of drug-likeness (QED) is 0.519. The van der Waals surface area contributed by atoms with Crippen molar-refractivity contribution in [1.29, 1.82) is 0 Å². The number of hydrogen-bond donors (Lipinski definition) is 1. The SMILES string of the molecule is COCCOCCCOCc1cc(N)ccc1OC. The molecule has 0 fully saturated rings. The minimum Gasteiger partial charge on any atom is -0.496 e. The van der Waals surface area contributed by atoms with Crippen LogP contribution in [0.15, 0.2) is 18.2 Å². The predicted octanol–water partition coefficient (Wildman–Crippen LogP) is 1.85. The summed E-state index contributed by atoms with van der Waals surface area (Å²) in [6.45, 7) is 3.07. The van der Waals surface area contributed by atoms with E-state index in [1.165, 1.54) is 0 Å². The first kappa shape index (κ1) is 15.8. The number of nitrogen functional groups attached to an aromatic ring is 1. The Bertz CT molecular complexity index is 357. The minimum atomic E-state index is 0.492. The summed E-state index contributed by atoms with van der Waals surface area (Å²) in [5.74, 6) is 0.797. The predicted molar refractivity (Wildman–Crippen MR) is 74.4 cm³/mol. The second-order valence-corrected chi connectivity index (χ2v) is 4.08. The molecule has 0 atom stereocenters. The number of rotatable bonds is 10. The van der Waals surface area contributed by atoms with E-state index >= 15 is 0 Å². The molecule has 0 heterocycles. The maximum Gasteiger partial charge on any atom is 0.124 e. The Kier molecular flexibility index (Phi) is 7.97. The molecule has 2 N–H and O–H groups in total. The molecule has 0 spiro atoms. The van der Waals surface area contributed by atoms with Gasteiger partial charge in [0.15, 0.2) is 0 Å². The topological polar surface area (TPSA) is 62.9 Å². The lowest BCUT2D eigenvalue weighted by atomic mass is 10.2. The Morgan fingerprint density at radius 3 is 2.53 bits per heavy atom. The van der Waals surface area contributed by atoms with E-state index in [1.54, 1.807) is 14.2 Å². The zero-order chi connectivity index (χ0) is 13.9. The van der Waals surface area contributed by atoms with Crippen molar-refractivity contribution in [1.82, 2.24) is 0 Å². The highest BCUT2D eigenvalue weighted by atomic mass is 16.5. The normalized spacial score (nSPS) is 10.6. The van der Waals surface area contributed by atoms with Gasteiger partial charge in [-0.05, 0) is 24.6 Å². The third-order valence-electron chi connectivity index (χ3n) is 2.57. The van der Waals surface area contributed by atoms with E-state index < -0.39 is 0 Å². The second-order valence-electron chi connectivity index (χ2n) is 4.08. The van der Waals surface area contributed by atoms with Crippen LogP contribution in [0.5, 0.6) is 5.75 Å². The molecule has 0 unspecified atom stereocenters. The van der Waals surface area contributed by atoms with Crippen LogP contribution in [0.3, 0.4) is 0 Å². The van der Waals surface area contributed by atoms with Crippen LogP contribution < -0.4 is 10.5 Å². The molecule has 0 aromatic heterocycles. The van der Waals surface area contributed by atoms with Gasteiger partial charge in [0.05, 0.1) is 26.9 Å². The van der Waals surface area contributed by atoms with Crippen LogP contribution in [0.1, 0.15) is 12.0 Å². The average molecular weight is 269 g/mol. The van der Waals surface area contributed by atoms with E-state index in [0.29, 0.717) is 38.7 Å². The van der Waals surface area contributed by atoms with Gasteiger partial charge in [0.2, 0.25) is 0 Å². The average Bonchev–Trinajstić information content (AvgIpc) is 2.42. The minimum absolute atomic E-state index is 0.492. The fraction of sp³-hybridized carbons (Fsp3) is 0.571. The third kappa shape index (κ3) is 6.42. The summed E-state index contributed by atoms with van der Waals surface area (Å²) >= 11 is 0. The van der Waals surface area contributed by atoms with Crippen molar-refractivity contribution in [2.75, 3.05) is 46.4 Å². The summed E-state index contributed by atoms with van der Waals surface area (Å²) in [4.78, 5) is 0. The number of nitrogens with two attached hydrogens (primary N) is 1. The van der Waals surface area contributed by atoms with Crippen molar-refractivity contribution in [2.24, 2.45) is 0 Å². The van der Waals surface area contributed by atoms with Gasteiger partial charge in [-0.3, -0.25) is 0 Å². The van der Waals surface area contributed by atoms with Gasteiger partial charge < -0.3 is 24.7 Å². The smallest absolute Gasteiger partial charge is 0.124 e. The molecular weight excluding hydrogens is 246 g/mol. The second kappa shape index (κ2) is 9.61. The molecule has 0 aliphatic heterocycles. The van der Waals surface area contributed by atoms with Crippen molar-refractivity contribution < 1.29 is 18.9 Å². The molecule has 1 aromatic rings. The lowest BCUT2D eigenvalue weighted by Crippen LogP contribution is -2.06. The number of anilines is 1. The summed E-state index contributed by atoms with van der Waals surface area (Å²) in [7, 11) is 3.30. The van der Waals surface area contributed by atoms with E-state index in [0.717, 1.165) is 17.7 Å². The Balaban J connectivity index is 2.17. The fourth-order valence-electron chi connectivity index (χ4n) is 1.60. The van der Waals surface area contributed by atoms with Crippen LogP contribution in [-0.2, 0) is 20.8 Å². The molecule has 108 valence electrons. The molecule has 0 saturated heterocycles. The number of methoxy groups -OCH3 is 2. The Morgan fingerprint density at radius 1 is 1.00 bits per heavy atom. The van der Waals surface area contributed by atoms with Crippen LogP contribution in [0.4, 0.5) is 5.69 Å². The first-order valence-corrected chi connectivity index (χ1v) is 6.34. The number of hydrogen-bond acceptors (Lipinski definition) is 5. The standard InChI is InChI=1S/C14H23NO4/c1-16-8-9-18-6-3-7-19-11-12-10-13(15)4-5-14(12)17-2/h4-5,10H,3,6-9,11,15H2,1-2H3. The van der Waals surface area contributed by atoms with Gasteiger partial charge >= 0.3 is 0 Å². The summed E-state index contributed by atoms with van der Waals surface area (Å²) in [5, 5.41) is 0. The van der Waals surface area contributed by atoms with Crippen molar-refractivity contribution >= 4 is 5.69 Å². The zero-order valence-electron chi connectivity index (χ0n) is 11.7. The van der Waals surface area contributed by atoms with E-state index in [2.05, 4.69) is 0 Å². The molecule has 0 radical (unpaired) electrons. The lowest BCUT2D eigenvalue weighted by molar-refractivity contribution is 0.0480. The third-order valence-corrected chi connectivity index (χ3v) is 2.57. The van der Waals surface area contributed by atoms with E-state index in [9.17, 15) is 0 Å². The van der Waals surface area contributed by atoms with E-state index in [-0.39, 0.29) is 0 Å². The fourth-order valence-corrected chi connectivity index (χ4v) is 1.60. The van der Waals surface area contributed by atoms with Gasteiger partial charge in [-0.1, -0.05) is 0 Å². The van der Waals surface area contributed by atoms with Crippen molar-refractivity contribution in [3.8, 4) is 5.75 Å². The van der Waals surface area contributed by atoms with E-state index in [1.807, 2.05) is 18.2 Å². The zero-order valence-corrected chi connectivity index (χ0v) is 11.7. The van der Waals surface area contributed by atoms with Gasteiger partial charge in [0.25, 0.3) is 0 Å². The number of ether oxygens (including phenoxy) is 4. The van der Waals surface area contributed by atoms with Gasteiger partial charge in [-0.15, -0.1) is 0 Å². The molecule has 0 aliphatic rings. The summed E-state index contributed by atoms with van der Waals surface area (Å²) in [6, 6.07) is 5.53. The first-order valence-electron chi connectivity index (χ1n) is 6.34.